The fourth-order valence-electron chi connectivity index (χ4n) is 2.49. The maximum absolute atomic E-state index is 12.3. The van der Waals surface area contributed by atoms with E-state index >= 15 is 0 Å². The Morgan fingerprint density at radius 3 is 2.46 bits per heavy atom. The average Bonchev–Trinajstić information content (AvgIpc) is 3.08. The first-order valence-corrected chi connectivity index (χ1v) is 9.07. The van der Waals surface area contributed by atoms with Crippen molar-refractivity contribution in [3.63, 3.8) is 0 Å². The molecular formula is C17H18N2O6S. The van der Waals surface area contributed by atoms with Gasteiger partial charge in [0.15, 0.2) is 0 Å². The second-order valence-electron chi connectivity index (χ2n) is 5.41. The number of hydrogen-bond acceptors (Lipinski definition) is 5. The molecule has 4 N–H and O–H groups in total. The van der Waals surface area contributed by atoms with Gasteiger partial charge in [0, 0.05) is 12.1 Å². The quantitative estimate of drug-likeness (QED) is 0.679. The van der Waals surface area contributed by atoms with Crippen molar-refractivity contribution >= 4 is 22.4 Å². The molecule has 8 nitrogen and oxygen atoms in total. The van der Waals surface area contributed by atoms with Crippen LogP contribution in [0.5, 0.6) is 0 Å². The Kier molecular flexibility index (Phi) is 6.45. The molecule has 138 valence electrons. The van der Waals surface area contributed by atoms with Crippen LogP contribution in [0.1, 0.15) is 27.0 Å². The number of rotatable bonds is 4. The molecule has 0 spiro atoms. The summed E-state index contributed by atoms with van der Waals surface area (Å²) in [6, 6.07) is 11.6. The minimum atomic E-state index is -3.70. The maximum Gasteiger partial charge on any atom is 0.290 e. The summed E-state index contributed by atoms with van der Waals surface area (Å²) < 4.78 is 27.8. The first-order valence-electron chi connectivity index (χ1n) is 7.53. The van der Waals surface area contributed by atoms with E-state index in [4.69, 9.17) is 19.8 Å². The van der Waals surface area contributed by atoms with Crippen LogP contribution < -0.4 is 10.5 Å². The third-order valence-corrected chi connectivity index (χ3v) is 4.66. The molecule has 0 saturated carbocycles. The molecule has 1 aliphatic heterocycles. The second kappa shape index (κ2) is 8.56. The minimum absolute atomic E-state index is 0.0469. The van der Waals surface area contributed by atoms with Gasteiger partial charge < -0.3 is 15.2 Å². The number of fused-ring (bicyclic) bond motifs is 1. The molecule has 0 atom stereocenters. The third kappa shape index (κ3) is 4.88. The minimum Gasteiger partial charge on any atom is -0.483 e. The highest BCUT2D eigenvalue weighted by molar-refractivity contribution is 7.89. The summed E-state index contributed by atoms with van der Waals surface area (Å²) >= 11 is 0. The van der Waals surface area contributed by atoms with Crippen LogP contribution in [-0.2, 0) is 39.3 Å². The molecule has 1 heterocycles. The van der Waals surface area contributed by atoms with E-state index in [2.05, 4.69) is 5.32 Å². The number of hydrogen-bond donors (Lipinski definition) is 3. The van der Waals surface area contributed by atoms with E-state index in [1.807, 2.05) is 12.1 Å². The summed E-state index contributed by atoms with van der Waals surface area (Å²) in [6.45, 7) is 1.03. The van der Waals surface area contributed by atoms with Crippen molar-refractivity contribution < 1.29 is 27.9 Å². The Balaban J connectivity index is 0.000000758. The molecule has 0 bridgehead atoms. The molecule has 1 amide bonds. The molecule has 26 heavy (non-hydrogen) atoms. The first kappa shape index (κ1) is 19.6. The summed E-state index contributed by atoms with van der Waals surface area (Å²) in [4.78, 5) is 20.7. The Hall–Kier alpha value is -2.75. The van der Waals surface area contributed by atoms with Gasteiger partial charge in [-0.2, -0.15) is 0 Å². The van der Waals surface area contributed by atoms with E-state index < -0.39 is 10.0 Å². The van der Waals surface area contributed by atoms with Gasteiger partial charge in [0.25, 0.3) is 12.4 Å². The predicted molar refractivity (Wildman–Crippen MR) is 92.6 cm³/mol. The van der Waals surface area contributed by atoms with E-state index in [1.165, 1.54) is 12.1 Å². The SMILES string of the molecule is NS(=O)(=O)c1ccc(CNC(=O)c2cccc3c2COC3)cc1.O=CO. The summed E-state index contributed by atoms with van der Waals surface area (Å²) in [5.41, 5.74) is 3.36. The number of benzene rings is 2. The van der Waals surface area contributed by atoms with Crippen LogP contribution in [0.3, 0.4) is 0 Å². The van der Waals surface area contributed by atoms with Crippen molar-refractivity contribution in [3.8, 4) is 0 Å². The van der Waals surface area contributed by atoms with Crippen molar-refractivity contribution in [1.29, 1.82) is 0 Å². The van der Waals surface area contributed by atoms with Gasteiger partial charge in [0.1, 0.15) is 0 Å². The lowest BCUT2D eigenvalue weighted by atomic mass is 10.0. The van der Waals surface area contributed by atoms with E-state index in [9.17, 15) is 13.2 Å². The van der Waals surface area contributed by atoms with Gasteiger partial charge in [-0.1, -0.05) is 24.3 Å². The Morgan fingerprint density at radius 2 is 1.85 bits per heavy atom. The van der Waals surface area contributed by atoms with Gasteiger partial charge in [0.05, 0.1) is 18.1 Å². The van der Waals surface area contributed by atoms with E-state index in [0.29, 0.717) is 25.3 Å². The topological polar surface area (TPSA) is 136 Å². The highest BCUT2D eigenvalue weighted by Gasteiger charge is 2.19. The highest BCUT2D eigenvalue weighted by atomic mass is 32.2. The van der Waals surface area contributed by atoms with Crippen LogP contribution in [0.15, 0.2) is 47.4 Å². The summed E-state index contributed by atoms with van der Waals surface area (Å²) in [7, 11) is -3.70. The molecule has 2 aromatic rings. The molecule has 0 saturated heterocycles. The van der Waals surface area contributed by atoms with E-state index in [1.54, 1.807) is 18.2 Å². The fourth-order valence-corrected chi connectivity index (χ4v) is 3.01. The monoisotopic (exact) mass is 378 g/mol. The van der Waals surface area contributed by atoms with Crippen molar-refractivity contribution in [2.24, 2.45) is 5.14 Å². The van der Waals surface area contributed by atoms with Crippen LogP contribution in [0.2, 0.25) is 0 Å². The number of ether oxygens (including phenoxy) is 1. The Labute approximate surface area is 150 Å². The van der Waals surface area contributed by atoms with Crippen molar-refractivity contribution in [3.05, 3.63) is 64.7 Å². The molecule has 0 fully saturated rings. The number of primary sulfonamides is 1. The van der Waals surface area contributed by atoms with Gasteiger partial charge in [-0.25, -0.2) is 13.6 Å². The second-order valence-corrected chi connectivity index (χ2v) is 6.97. The van der Waals surface area contributed by atoms with Gasteiger partial charge >= 0.3 is 0 Å². The molecule has 2 aromatic carbocycles. The molecule has 0 unspecified atom stereocenters. The van der Waals surface area contributed by atoms with Crippen LogP contribution in [0, 0.1) is 0 Å². The van der Waals surface area contributed by atoms with Crippen molar-refractivity contribution in [2.45, 2.75) is 24.7 Å². The molecule has 9 heteroatoms. The summed E-state index contributed by atoms with van der Waals surface area (Å²) in [6.07, 6.45) is 0. The zero-order valence-corrected chi connectivity index (χ0v) is 14.5. The van der Waals surface area contributed by atoms with Crippen LogP contribution in [0.25, 0.3) is 0 Å². The smallest absolute Gasteiger partial charge is 0.290 e. The normalized spacial score (nSPS) is 12.5. The highest BCUT2D eigenvalue weighted by Crippen LogP contribution is 2.23. The number of carbonyl (C=O) groups excluding carboxylic acids is 1. The van der Waals surface area contributed by atoms with E-state index in [0.717, 1.165) is 16.7 Å². The van der Waals surface area contributed by atoms with Gasteiger partial charge in [-0.3, -0.25) is 9.59 Å². The van der Waals surface area contributed by atoms with Crippen LogP contribution in [-0.4, -0.2) is 25.9 Å². The number of nitrogens with one attached hydrogen (secondary N) is 1. The molecule has 1 aliphatic rings. The van der Waals surface area contributed by atoms with Gasteiger partial charge in [0.2, 0.25) is 10.0 Å². The first-order chi connectivity index (χ1) is 12.4. The van der Waals surface area contributed by atoms with Gasteiger partial charge in [-0.05, 0) is 34.9 Å². The number of sulfonamides is 1. The number of nitrogens with two attached hydrogens (primary N) is 1. The van der Waals surface area contributed by atoms with Crippen molar-refractivity contribution in [1.82, 2.24) is 5.32 Å². The van der Waals surface area contributed by atoms with Crippen LogP contribution in [0.4, 0.5) is 0 Å². The third-order valence-electron chi connectivity index (χ3n) is 3.73. The Morgan fingerprint density at radius 1 is 1.19 bits per heavy atom. The fraction of sp³-hybridized carbons (Fsp3) is 0.176. The van der Waals surface area contributed by atoms with Crippen LogP contribution >= 0.6 is 0 Å². The molecule has 0 aliphatic carbocycles. The van der Waals surface area contributed by atoms with Gasteiger partial charge in [-0.15, -0.1) is 0 Å². The average molecular weight is 378 g/mol. The summed E-state index contributed by atoms with van der Waals surface area (Å²) in [5.74, 6) is -0.178. The number of amides is 1. The molecule has 0 radical (unpaired) electrons. The summed E-state index contributed by atoms with van der Waals surface area (Å²) in [5, 5.41) is 14.8. The Bertz CT molecular complexity index is 894. The zero-order chi connectivity index (χ0) is 19.2. The predicted octanol–water partition coefficient (Wildman–Crippen LogP) is 0.995. The standard InChI is InChI=1S/C16H16N2O4S.CH2O2/c17-23(20,21)13-6-4-11(5-7-13)8-18-16(19)14-3-1-2-12-9-22-10-15(12)14;2-1-3/h1-7H,8-10H2,(H,18,19)(H2,17,20,21);1H,(H,2,3). The lowest BCUT2D eigenvalue weighted by molar-refractivity contribution is -0.122. The maximum atomic E-state index is 12.3. The number of carboxylic acid groups (broad SMARTS) is 1. The largest absolute Gasteiger partial charge is 0.483 e. The molecular weight excluding hydrogens is 360 g/mol. The molecule has 3 rings (SSSR count). The molecule has 0 aromatic heterocycles. The van der Waals surface area contributed by atoms with E-state index in [-0.39, 0.29) is 17.3 Å². The lowest BCUT2D eigenvalue weighted by Crippen LogP contribution is -2.24. The lowest BCUT2D eigenvalue weighted by Gasteiger charge is -2.09. The zero-order valence-electron chi connectivity index (χ0n) is 13.7. The number of carbonyl (C=O) groups is 2. The van der Waals surface area contributed by atoms with Crippen molar-refractivity contribution in [2.75, 3.05) is 0 Å².